The summed E-state index contributed by atoms with van der Waals surface area (Å²) in [6.07, 6.45) is 2.56. The Hall–Kier alpha value is -1.28. The lowest BCUT2D eigenvalue weighted by atomic mass is 10.2. The molecule has 0 aromatic carbocycles. The van der Waals surface area contributed by atoms with Gasteiger partial charge in [-0.05, 0) is 32.4 Å². The highest BCUT2D eigenvalue weighted by Gasteiger charge is 2.16. The molecule has 0 spiro atoms. The molecular weight excluding hydrogens is 274 g/mol. The van der Waals surface area contributed by atoms with E-state index < -0.39 is 0 Å². The van der Waals surface area contributed by atoms with E-state index in [0.29, 0.717) is 23.1 Å². The van der Waals surface area contributed by atoms with Crippen molar-refractivity contribution in [2.45, 2.75) is 31.9 Å². The van der Waals surface area contributed by atoms with Crippen LogP contribution in [0.1, 0.15) is 26.7 Å². The largest absolute Gasteiger partial charge is 0.353 e. The summed E-state index contributed by atoms with van der Waals surface area (Å²) in [5, 5.41) is 3.95. The molecule has 2 heterocycles. The quantitative estimate of drug-likeness (QED) is 0.512. The van der Waals surface area contributed by atoms with Crippen molar-refractivity contribution in [2.75, 3.05) is 41.0 Å². The lowest BCUT2D eigenvalue weighted by Crippen LogP contribution is -2.26. The number of nitrogens with two attached hydrogens (primary N) is 1. The number of anilines is 3. The smallest absolute Gasteiger partial charge is 0.243 e. The summed E-state index contributed by atoms with van der Waals surface area (Å²) < 4.78 is 0. The van der Waals surface area contributed by atoms with E-state index in [0.717, 1.165) is 19.6 Å². The first-order valence-corrected chi connectivity index (χ1v) is 8.14. The number of hydrogen-bond donors (Lipinski definition) is 3. The van der Waals surface area contributed by atoms with Gasteiger partial charge >= 0.3 is 0 Å². The van der Waals surface area contributed by atoms with Gasteiger partial charge in [-0.2, -0.15) is 26.7 Å². The second-order valence-corrected chi connectivity index (χ2v) is 6.02. The highest BCUT2D eigenvalue weighted by atomic mass is 32.2. The van der Waals surface area contributed by atoms with Crippen molar-refractivity contribution < 1.29 is 0 Å². The van der Waals surface area contributed by atoms with Gasteiger partial charge in [0.25, 0.3) is 0 Å². The van der Waals surface area contributed by atoms with Gasteiger partial charge in [0.05, 0.1) is 0 Å². The predicted molar refractivity (Wildman–Crippen MR) is 85.2 cm³/mol. The fourth-order valence-electron chi connectivity index (χ4n) is 2.17. The van der Waals surface area contributed by atoms with Crippen LogP contribution in [-0.2, 0) is 0 Å². The van der Waals surface area contributed by atoms with Gasteiger partial charge in [0.2, 0.25) is 17.8 Å². The molecular formula is C12H23N7S. The number of hydrazine groups is 1. The molecule has 0 aliphatic carbocycles. The second-order valence-electron chi connectivity index (χ2n) is 4.62. The fraction of sp³-hybridized carbons (Fsp3) is 0.750. The van der Waals surface area contributed by atoms with Gasteiger partial charge in [0.15, 0.2) is 0 Å². The summed E-state index contributed by atoms with van der Waals surface area (Å²) in [6, 6.07) is 0. The summed E-state index contributed by atoms with van der Waals surface area (Å²) in [7, 11) is 0. The Morgan fingerprint density at radius 2 is 2.00 bits per heavy atom. The highest BCUT2D eigenvalue weighted by molar-refractivity contribution is 8.00. The van der Waals surface area contributed by atoms with Crippen LogP contribution in [-0.4, -0.2) is 45.6 Å². The average molecular weight is 297 g/mol. The van der Waals surface area contributed by atoms with E-state index in [1.807, 2.05) is 11.8 Å². The summed E-state index contributed by atoms with van der Waals surface area (Å²) in [5.74, 6) is 8.32. The van der Waals surface area contributed by atoms with Crippen molar-refractivity contribution in [3.63, 3.8) is 0 Å². The average Bonchev–Trinajstić information content (AvgIpc) is 2.99. The van der Waals surface area contributed by atoms with Crippen molar-refractivity contribution >= 4 is 29.6 Å². The zero-order valence-corrected chi connectivity index (χ0v) is 12.9. The maximum absolute atomic E-state index is 5.44. The maximum atomic E-state index is 5.44. The minimum atomic E-state index is 0.392. The van der Waals surface area contributed by atoms with Crippen LogP contribution < -0.4 is 21.5 Å². The van der Waals surface area contributed by atoms with Crippen LogP contribution in [0.25, 0.3) is 0 Å². The SMILES string of the molecule is CCN(CC)c1nc(NN)nc(NCC2CCCS2)n1. The molecule has 1 aromatic heterocycles. The molecule has 1 fully saturated rings. The predicted octanol–water partition coefficient (Wildman–Crippen LogP) is 1.31. The Morgan fingerprint density at radius 1 is 1.25 bits per heavy atom. The van der Waals surface area contributed by atoms with E-state index in [-0.39, 0.29) is 0 Å². The molecule has 0 radical (unpaired) electrons. The minimum Gasteiger partial charge on any atom is -0.353 e. The molecule has 4 N–H and O–H groups in total. The summed E-state index contributed by atoms with van der Waals surface area (Å²) >= 11 is 2.01. The van der Waals surface area contributed by atoms with Crippen LogP contribution in [0.2, 0.25) is 0 Å². The van der Waals surface area contributed by atoms with Crippen molar-refractivity contribution in [1.82, 2.24) is 15.0 Å². The second kappa shape index (κ2) is 7.49. The molecule has 1 aliphatic heterocycles. The molecule has 8 heteroatoms. The van der Waals surface area contributed by atoms with E-state index >= 15 is 0 Å². The van der Waals surface area contributed by atoms with Crippen LogP contribution in [0.4, 0.5) is 17.8 Å². The Labute approximate surface area is 124 Å². The highest BCUT2D eigenvalue weighted by Crippen LogP contribution is 2.26. The maximum Gasteiger partial charge on any atom is 0.243 e. The lowest BCUT2D eigenvalue weighted by molar-refractivity contribution is 0.790. The van der Waals surface area contributed by atoms with E-state index in [1.54, 1.807) is 0 Å². The van der Waals surface area contributed by atoms with Crippen LogP contribution in [0.5, 0.6) is 0 Å². The Kier molecular flexibility index (Phi) is 5.66. The van der Waals surface area contributed by atoms with Gasteiger partial charge < -0.3 is 10.2 Å². The zero-order valence-electron chi connectivity index (χ0n) is 12.1. The molecule has 1 aliphatic rings. The topological polar surface area (TPSA) is 92.0 Å². The normalized spacial score (nSPS) is 18.1. The Bertz CT molecular complexity index is 418. The monoisotopic (exact) mass is 297 g/mol. The third-order valence-electron chi connectivity index (χ3n) is 3.31. The number of nitrogens with one attached hydrogen (secondary N) is 2. The van der Waals surface area contributed by atoms with Crippen LogP contribution in [0.15, 0.2) is 0 Å². The number of thioether (sulfide) groups is 1. The molecule has 7 nitrogen and oxygen atoms in total. The van der Waals surface area contributed by atoms with Crippen molar-refractivity contribution in [3.05, 3.63) is 0 Å². The van der Waals surface area contributed by atoms with Gasteiger partial charge in [0.1, 0.15) is 0 Å². The van der Waals surface area contributed by atoms with Crippen molar-refractivity contribution in [3.8, 4) is 0 Å². The number of aromatic nitrogens is 3. The van der Waals surface area contributed by atoms with Crippen molar-refractivity contribution in [1.29, 1.82) is 0 Å². The Balaban J connectivity index is 2.08. The Morgan fingerprint density at radius 3 is 2.60 bits per heavy atom. The van der Waals surface area contributed by atoms with Crippen LogP contribution in [0, 0.1) is 0 Å². The summed E-state index contributed by atoms with van der Waals surface area (Å²) in [5.41, 5.74) is 2.50. The number of hydrogen-bond acceptors (Lipinski definition) is 8. The van der Waals surface area contributed by atoms with E-state index in [4.69, 9.17) is 5.84 Å². The van der Waals surface area contributed by atoms with E-state index in [1.165, 1.54) is 18.6 Å². The lowest BCUT2D eigenvalue weighted by Gasteiger charge is -2.19. The van der Waals surface area contributed by atoms with Gasteiger partial charge in [-0.3, -0.25) is 5.43 Å². The fourth-order valence-corrected chi connectivity index (χ4v) is 3.37. The molecule has 1 atom stereocenters. The van der Waals surface area contributed by atoms with Gasteiger partial charge in [-0.15, -0.1) is 0 Å². The third kappa shape index (κ3) is 3.86. The standard InChI is InChI=1S/C12H23N7S/c1-3-19(4-2)12-16-10(15-11(17-12)18-13)14-8-9-6-5-7-20-9/h9H,3-8,13H2,1-2H3,(H2,14,15,16,17,18). The third-order valence-corrected chi connectivity index (χ3v) is 4.71. The van der Waals surface area contributed by atoms with Gasteiger partial charge in [-0.25, -0.2) is 5.84 Å². The molecule has 0 saturated carbocycles. The number of rotatable bonds is 7. The first-order chi connectivity index (χ1) is 9.76. The zero-order chi connectivity index (χ0) is 14.4. The molecule has 1 saturated heterocycles. The van der Waals surface area contributed by atoms with Crippen LogP contribution >= 0.6 is 11.8 Å². The van der Waals surface area contributed by atoms with Crippen molar-refractivity contribution in [2.24, 2.45) is 5.84 Å². The molecule has 2 rings (SSSR count). The molecule has 0 bridgehead atoms. The molecule has 1 unspecified atom stereocenters. The molecule has 1 aromatic rings. The number of nitrogens with zero attached hydrogens (tertiary/aromatic N) is 4. The number of nitrogen functional groups attached to an aromatic ring is 1. The van der Waals surface area contributed by atoms with Gasteiger partial charge in [0, 0.05) is 24.9 Å². The summed E-state index contributed by atoms with van der Waals surface area (Å²) in [4.78, 5) is 15.1. The van der Waals surface area contributed by atoms with E-state index in [9.17, 15) is 0 Å². The molecule has 20 heavy (non-hydrogen) atoms. The molecule has 0 amide bonds. The first kappa shape index (κ1) is 15.1. The minimum absolute atomic E-state index is 0.392. The van der Waals surface area contributed by atoms with Crippen LogP contribution in [0.3, 0.4) is 0 Å². The van der Waals surface area contributed by atoms with E-state index in [2.05, 4.69) is 44.4 Å². The van der Waals surface area contributed by atoms with Gasteiger partial charge in [-0.1, -0.05) is 0 Å². The first-order valence-electron chi connectivity index (χ1n) is 7.10. The summed E-state index contributed by atoms with van der Waals surface area (Å²) in [6.45, 7) is 6.73. The molecule has 112 valence electrons.